The minimum Gasteiger partial charge on any atom is -0.348 e. The SMILES string of the molecule is Cc1c(-c2ccnc3cc(C(=O)NC(C)CCc4ccc(Cl)cc4)nn23)cnn1C. The van der Waals surface area contributed by atoms with Crippen LogP contribution in [0, 0.1) is 6.92 Å². The number of hydrogen-bond donors (Lipinski definition) is 1. The number of nitrogens with one attached hydrogen (secondary N) is 1. The van der Waals surface area contributed by atoms with Crippen LogP contribution in [0.1, 0.15) is 35.1 Å². The lowest BCUT2D eigenvalue weighted by Crippen LogP contribution is -2.33. The van der Waals surface area contributed by atoms with Crippen LogP contribution in [-0.4, -0.2) is 36.3 Å². The highest BCUT2D eigenvalue weighted by molar-refractivity contribution is 6.30. The number of aromatic nitrogens is 5. The van der Waals surface area contributed by atoms with Crippen molar-refractivity contribution in [1.82, 2.24) is 29.7 Å². The Balaban J connectivity index is 1.49. The zero-order valence-corrected chi connectivity index (χ0v) is 17.9. The zero-order valence-electron chi connectivity index (χ0n) is 17.1. The number of carbonyl (C=O) groups is 1. The third-order valence-electron chi connectivity index (χ3n) is 5.26. The normalized spacial score (nSPS) is 12.3. The fourth-order valence-corrected chi connectivity index (χ4v) is 3.49. The Morgan fingerprint density at radius 3 is 2.70 bits per heavy atom. The largest absolute Gasteiger partial charge is 0.348 e. The van der Waals surface area contributed by atoms with E-state index >= 15 is 0 Å². The molecule has 0 aliphatic rings. The van der Waals surface area contributed by atoms with Gasteiger partial charge in [-0.3, -0.25) is 9.48 Å². The number of aryl methyl sites for hydroxylation is 2. The minimum absolute atomic E-state index is 0.00554. The maximum atomic E-state index is 12.8. The molecule has 3 aromatic heterocycles. The van der Waals surface area contributed by atoms with Crippen molar-refractivity contribution in [2.45, 2.75) is 32.7 Å². The van der Waals surface area contributed by atoms with Crippen LogP contribution in [0.3, 0.4) is 0 Å². The van der Waals surface area contributed by atoms with Crippen molar-refractivity contribution < 1.29 is 4.79 Å². The summed E-state index contributed by atoms with van der Waals surface area (Å²) in [7, 11) is 1.89. The van der Waals surface area contributed by atoms with Gasteiger partial charge in [0.1, 0.15) is 0 Å². The fraction of sp³-hybridized carbons (Fsp3) is 0.273. The molecule has 4 aromatic rings. The first kappa shape index (κ1) is 20.1. The molecule has 0 bridgehead atoms. The smallest absolute Gasteiger partial charge is 0.272 e. The molecule has 0 spiro atoms. The predicted molar refractivity (Wildman–Crippen MR) is 117 cm³/mol. The van der Waals surface area contributed by atoms with Crippen LogP contribution in [0.15, 0.2) is 48.8 Å². The minimum atomic E-state index is -0.210. The second-order valence-corrected chi connectivity index (χ2v) is 7.87. The number of carbonyl (C=O) groups excluding carboxylic acids is 1. The van der Waals surface area contributed by atoms with Crippen LogP contribution in [0.2, 0.25) is 5.02 Å². The summed E-state index contributed by atoms with van der Waals surface area (Å²) in [6, 6.07) is 11.4. The van der Waals surface area contributed by atoms with Crippen LogP contribution in [0.5, 0.6) is 0 Å². The summed E-state index contributed by atoms with van der Waals surface area (Å²) in [5.41, 5.74) is 4.97. The molecule has 1 N–H and O–H groups in total. The summed E-state index contributed by atoms with van der Waals surface area (Å²) in [5, 5.41) is 12.6. The lowest BCUT2D eigenvalue weighted by molar-refractivity contribution is 0.0933. The highest BCUT2D eigenvalue weighted by Crippen LogP contribution is 2.23. The predicted octanol–water partition coefficient (Wildman–Crippen LogP) is 3.84. The summed E-state index contributed by atoms with van der Waals surface area (Å²) in [6.07, 6.45) is 5.19. The molecule has 1 amide bonds. The third kappa shape index (κ3) is 4.07. The van der Waals surface area contributed by atoms with Gasteiger partial charge in [-0.2, -0.15) is 10.2 Å². The number of benzene rings is 1. The maximum absolute atomic E-state index is 12.8. The van der Waals surface area contributed by atoms with Gasteiger partial charge in [-0.15, -0.1) is 0 Å². The first-order valence-electron chi connectivity index (χ1n) is 9.81. The summed E-state index contributed by atoms with van der Waals surface area (Å²) in [5.74, 6) is -0.210. The molecule has 1 aromatic carbocycles. The molecule has 4 rings (SSSR count). The Hall–Kier alpha value is -3.19. The molecular formula is C22H23ClN6O. The number of amides is 1. The molecule has 0 radical (unpaired) electrons. The van der Waals surface area contributed by atoms with Gasteiger partial charge in [0.25, 0.3) is 5.91 Å². The van der Waals surface area contributed by atoms with E-state index in [9.17, 15) is 4.79 Å². The second kappa shape index (κ2) is 8.28. The van der Waals surface area contributed by atoms with Crippen LogP contribution < -0.4 is 5.32 Å². The third-order valence-corrected chi connectivity index (χ3v) is 5.51. The van der Waals surface area contributed by atoms with Crippen molar-refractivity contribution >= 4 is 23.2 Å². The maximum Gasteiger partial charge on any atom is 0.272 e. The molecule has 1 unspecified atom stereocenters. The van der Waals surface area contributed by atoms with Crippen molar-refractivity contribution in [2.24, 2.45) is 7.05 Å². The molecule has 0 fully saturated rings. The molecule has 30 heavy (non-hydrogen) atoms. The van der Waals surface area contributed by atoms with E-state index < -0.39 is 0 Å². The molecular weight excluding hydrogens is 400 g/mol. The molecule has 7 nitrogen and oxygen atoms in total. The van der Waals surface area contributed by atoms with Gasteiger partial charge < -0.3 is 5.32 Å². The van der Waals surface area contributed by atoms with Crippen LogP contribution in [-0.2, 0) is 13.5 Å². The molecule has 154 valence electrons. The number of hydrogen-bond acceptors (Lipinski definition) is 4. The van der Waals surface area contributed by atoms with Gasteiger partial charge in [-0.05, 0) is 50.5 Å². The standard InChI is InChI=1S/C22H23ClN6O/c1-14(4-5-16-6-8-17(23)9-7-16)26-22(30)19-12-21-24-11-10-20(29(21)27-19)18-13-25-28(3)15(18)2/h6-14H,4-5H2,1-3H3,(H,26,30). The van der Waals surface area contributed by atoms with E-state index in [1.54, 1.807) is 27.7 Å². The average molecular weight is 423 g/mol. The molecule has 0 saturated heterocycles. The van der Waals surface area contributed by atoms with Gasteiger partial charge in [0.15, 0.2) is 11.3 Å². The van der Waals surface area contributed by atoms with Gasteiger partial charge in [0, 0.05) is 41.6 Å². The Labute approximate surface area is 179 Å². The number of halogens is 1. The van der Waals surface area contributed by atoms with Gasteiger partial charge in [-0.1, -0.05) is 23.7 Å². The summed E-state index contributed by atoms with van der Waals surface area (Å²) < 4.78 is 3.50. The van der Waals surface area contributed by atoms with E-state index in [1.807, 2.05) is 51.2 Å². The Morgan fingerprint density at radius 1 is 1.23 bits per heavy atom. The molecule has 8 heteroatoms. The van der Waals surface area contributed by atoms with Crippen LogP contribution in [0.4, 0.5) is 0 Å². The highest BCUT2D eigenvalue weighted by atomic mass is 35.5. The van der Waals surface area contributed by atoms with Crippen molar-refractivity contribution in [3.8, 4) is 11.3 Å². The monoisotopic (exact) mass is 422 g/mol. The number of rotatable bonds is 6. The number of nitrogens with zero attached hydrogens (tertiary/aromatic N) is 5. The summed E-state index contributed by atoms with van der Waals surface area (Å²) in [6.45, 7) is 3.99. The first-order valence-corrected chi connectivity index (χ1v) is 10.2. The van der Waals surface area contributed by atoms with E-state index in [0.717, 1.165) is 34.8 Å². The van der Waals surface area contributed by atoms with E-state index in [0.29, 0.717) is 11.3 Å². The van der Waals surface area contributed by atoms with E-state index in [2.05, 4.69) is 20.5 Å². The van der Waals surface area contributed by atoms with Gasteiger partial charge in [0.05, 0.1) is 11.9 Å². The number of fused-ring (bicyclic) bond motifs is 1. The quantitative estimate of drug-likeness (QED) is 0.512. The van der Waals surface area contributed by atoms with Gasteiger partial charge >= 0.3 is 0 Å². The lowest BCUT2D eigenvalue weighted by Gasteiger charge is -2.13. The molecule has 1 atom stereocenters. The van der Waals surface area contributed by atoms with Crippen molar-refractivity contribution in [3.63, 3.8) is 0 Å². The van der Waals surface area contributed by atoms with Gasteiger partial charge in [-0.25, -0.2) is 9.50 Å². The molecule has 0 aliphatic heterocycles. The van der Waals surface area contributed by atoms with Gasteiger partial charge in [0.2, 0.25) is 0 Å². The van der Waals surface area contributed by atoms with Crippen LogP contribution >= 0.6 is 11.6 Å². The summed E-state index contributed by atoms with van der Waals surface area (Å²) >= 11 is 5.93. The highest BCUT2D eigenvalue weighted by Gasteiger charge is 2.17. The van der Waals surface area contributed by atoms with Crippen molar-refractivity contribution in [1.29, 1.82) is 0 Å². The Morgan fingerprint density at radius 2 is 2.00 bits per heavy atom. The Kier molecular flexibility index (Phi) is 5.55. The van der Waals surface area contributed by atoms with E-state index in [-0.39, 0.29) is 11.9 Å². The average Bonchev–Trinajstić information content (AvgIpc) is 3.31. The summed E-state index contributed by atoms with van der Waals surface area (Å²) in [4.78, 5) is 17.1. The topological polar surface area (TPSA) is 77.1 Å². The Bertz CT molecular complexity index is 1190. The molecule has 3 heterocycles. The van der Waals surface area contributed by atoms with Crippen molar-refractivity contribution in [3.05, 3.63) is 70.8 Å². The van der Waals surface area contributed by atoms with Crippen molar-refractivity contribution in [2.75, 3.05) is 0 Å². The lowest BCUT2D eigenvalue weighted by atomic mass is 10.1. The van der Waals surface area contributed by atoms with E-state index in [4.69, 9.17) is 11.6 Å². The van der Waals surface area contributed by atoms with E-state index in [1.165, 1.54) is 5.56 Å². The second-order valence-electron chi connectivity index (χ2n) is 7.44. The fourth-order valence-electron chi connectivity index (χ4n) is 3.36. The zero-order chi connectivity index (χ0) is 21.3. The van der Waals surface area contributed by atoms with Crippen LogP contribution in [0.25, 0.3) is 16.9 Å². The first-order chi connectivity index (χ1) is 14.4. The molecule has 0 saturated carbocycles. The molecule has 0 aliphatic carbocycles.